The van der Waals surface area contributed by atoms with Crippen molar-refractivity contribution in [2.24, 2.45) is 0 Å². The number of rotatable bonds is 4. The fourth-order valence-corrected chi connectivity index (χ4v) is 3.54. The van der Waals surface area contributed by atoms with Crippen molar-refractivity contribution in [2.45, 2.75) is 31.8 Å². The predicted molar refractivity (Wildman–Crippen MR) is 97.3 cm³/mol. The molecule has 0 bridgehead atoms. The Hall–Kier alpha value is -2.70. The van der Waals surface area contributed by atoms with Gasteiger partial charge < -0.3 is 14.5 Å². The third kappa shape index (κ3) is 3.76. The summed E-state index contributed by atoms with van der Waals surface area (Å²) in [5.74, 6) is 1.51. The van der Waals surface area contributed by atoms with E-state index < -0.39 is 0 Å². The third-order valence-electron chi connectivity index (χ3n) is 4.94. The fraction of sp³-hybridized carbons (Fsp3) is 0.474. The van der Waals surface area contributed by atoms with Crippen LogP contribution in [0.5, 0.6) is 5.88 Å². The monoisotopic (exact) mass is 353 g/mol. The minimum atomic E-state index is -0.0419. The van der Waals surface area contributed by atoms with Gasteiger partial charge in [0, 0.05) is 44.5 Å². The number of aromatic nitrogens is 3. The molecule has 0 spiro atoms. The quantitative estimate of drug-likeness (QED) is 0.839. The summed E-state index contributed by atoms with van der Waals surface area (Å²) in [5, 5.41) is 0. The van der Waals surface area contributed by atoms with Crippen LogP contribution in [0.15, 0.2) is 36.9 Å². The maximum Gasteiger partial charge on any atom is 0.255 e. The van der Waals surface area contributed by atoms with E-state index in [0.29, 0.717) is 24.5 Å². The number of carbonyl (C=O) groups excluding carboxylic acids is 1. The summed E-state index contributed by atoms with van der Waals surface area (Å²) in [6.45, 7) is 3.32. The summed E-state index contributed by atoms with van der Waals surface area (Å²) < 4.78 is 6.04. The Bertz CT molecular complexity index is 749. The van der Waals surface area contributed by atoms with Gasteiger partial charge in [0.05, 0.1) is 12.1 Å². The number of amides is 1. The number of piperidine rings is 1. The molecule has 1 amide bonds. The lowest BCUT2D eigenvalue weighted by Gasteiger charge is -2.27. The Morgan fingerprint density at radius 1 is 1.15 bits per heavy atom. The van der Waals surface area contributed by atoms with Crippen LogP contribution in [0, 0.1) is 0 Å². The van der Waals surface area contributed by atoms with Crippen LogP contribution in [0.1, 0.15) is 36.0 Å². The van der Waals surface area contributed by atoms with Gasteiger partial charge in [-0.1, -0.05) is 0 Å². The molecule has 1 atom stereocenters. The molecule has 0 saturated carbocycles. The van der Waals surface area contributed by atoms with Crippen LogP contribution in [-0.2, 0) is 0 Å². The lowest BCUT2D eigenvalue weighted by atomic mass is 10.1. The van der Waals surface area contributed by atoms with E-state index in [9.17, 15) is 4.79 Å². The number of likely N-dealkylation sites (tertiary alicyclic amines) is 1. The van der Waals surface area contributed by atoms with E-state index in [2.05, 4.69) is 19.9 Å². The molecule has 2 aliphatic rings. The van der Waals surface area contributed by atoms with Gasteiger partial charge in [0.15, 0.2) is 0 Å². The molecule has 2 aromatic rings. The molecule has 4 heterocycles. The summed E-state index contributed by atoms with van der Waals surface area (Å²) in [6, 6.07) is 5.48. The molecule has 0 aliphatic carbocycles. The predicted octanol–water partition coefficient (Wildman–Crippen LogP) is 2.16. The second-order valence-corrected chi connectivity index (χ2v) is 6.78. The summed E-state index contributed by atoms with van der Waals surface area (Å²) in [4.78, 5) is 29.3. The van der Waals surface area contributed by atoms with Crippen LogP contribution < -0.4 is 9.64 Å². The van der Waals surface area contributed by atoms with Crippen LogP contribution >= 0.6 is 0 Å². The van der Waals surface area contributed by atoms with Crippen molar-refractivity contribution in [1.82, 2.24) is 19.9 Å². The standard InChI is InChI=1S/C19H23N5O2/c25-19(15-5-4-7-20-12-15)24-10-6-16(13-24)26-18-11-17(21-14-22-18)23-8-2-1-3-9-23/h4-5,7,11-12,14,16H,1-3,6,8-10,13H2/t16-/m0/s1. The first kappa shape index (κ1) is 16.8. The van der Waals surface area contributed by atoms with Gasteiger partial charge in [-0.3, -0.25) is 9.78 Å². The van der Waals surface area contributed by atoms with Crippen LogP contribution in [-0.4, -0.2) is 58.0 Å². The highest BCUT2D eigenvalue weighted by Gasteiger charge is 2.28. The molecule has 4 rings (SSSR count). The Kier molecular flexibility index (Phi) is 4.95. The first-order valence-corrected chi connectivity index (χ1v) is 9.22. The molecule has 136 valence electrons. The van der Waals surface area contributed by atoms with Gasteiger partial charge in [0.2, 0.25) is 5.88 Å². The highest BCUT2D eigenvalue weighted by atomic mass is 16.5. The summed E-state index contributed by atoms with van der Waals surface area (Å²) in [5.41, 5.74) is 0.613. The molecule has 2 aromatic heterocycles. The number of anilines is 1. The van der Waals surface area contributed by atoms with Crippen LogP contribution in [0.3, 0.4) is 0 Å². The average Bonchev–Trinajstić information content (AvgIpc) is 3.17. The van der Waals surface area contributed by atoms with Crippen LogP contribution in [0.4, 0.5) is 5.82 Å². The van der Waals surface area contributed by atoms with Gasteiger partial charge in [-0.25, -0.2) is 9.97 Å². The largest absolute Gasteiger partial charge is 0.472 e. The van der Waals surface area contributed by atoms with E-state index >= 15 is 0 Å². The summed E-state index contributed by atoms with van der Waals surface area (Å²) in [7, 11) is 0. The fourth-order valence-electron chi connectivity index (χ4n) is 3.54. The van der Waals surface area contributed by atoms with E-state index in [-0.39, 0.29) is 12.0 Å². The summed E-state index contributed by atoms with van der Waals surface area (Å²) >= 11 is 0. The van der Waals surface area contributed by atoms with Crippen molar-refractivity contribution in [1.29, 1.82) is 0 Å². The van der Waals surface area contributed by atoms with E-state index in [1.165, 1.54) is 19.3 Å². The molecule has 7 nitrogen and oxygen atoms in total. The number of pyridine rings is 1. The van der Waals surface area contributed by atoms with Crippen LogP contribution in [0.25, 0.3) is 0 Å². The van der Waals surface area contributed by atoms with Gasteiger partial charge in [0.25, 0.3) is 5.91 Å². The van der Waals surface area contributed by atoms with E-state index in [1.807, 2.05) is 11.0 Å². The van der Waals surface area contributed by atoms with Crippen molar-refractivity contribution in [2.75, 3.05) is 31.1 Å². The first-order chi connectivity index (χ1) is 12.8. The Balaban J connectivity index is 1.37. The van der Waals surface area contributed by atoms with Crippen LogP contribution in [0.2, 0.25) is 0 Å². The Morgan fingerprint density at radius 2 is 2.04 bits per heavy atom. The second-order valence-electron chi connectivity index (χ2n) is 6.78. The average molecular weight is 353 g/mol. The molecule has 26 heavy (non-hydrogen) atoms. The minimum absolute atomic E-state index is 0.000827. The van der Waals surface area contributed by atoms with Crippen molar-refractivity contribution in [3.05, 3.63) is 42.5 Å². The molecule has 0 aromatic carbocycles. The molecule has 0 radical (unpaired) electrons. The van der Waals surface area contributed by atoms with Gasteiger partial charge in [0.1, 0.15) is 18.2 Å². The second kappa shape index (κ2) is 7.68. The normalized spacial score (nSPS) is 20.2. The number of nitrogens with zero attached hydrogens (tertiary/aromatic N) is 5. The van der Waals surface area contributed by atoms with Gasteiger partial charge in [-0.2, -0.15) is 0 Å². The molecular weight excluding hydrogens is 330 g/mol. The molecular formula is C19H23N5O2. The zero-order valence-electron chi connectivity index (χ0n) is 14.8. The van der Waals surface area contributed by atoms with Gasteiger partial charge in [-0.05, 0) is 31.4 Å². The van der Waals surface area contributed by atoms with Crippen molar-refractivity contribution in [3.63, 3.8) is 0 Å². The lowest BCUT2D eigenvalue weighted by Crippen LogP contribution is -2.31. The van der Waals surface area contributed by atoms with Crippen molar-refractivity contribution >= 4 is 11.7 Å². The summed E-state index contributed by atoms with van der Waals surface area (Å²) in [6.07, 6.45) is 9.28. The number of hydrogen-bond donors (Lipinski definition) is 0. The highest BCUT2D eigenvalue weighted by Crippen LogP contribution is 2.23. The Morgan fingerprint density at radius 3 is 2.85 bits per heavy atom. The van der Waals surface area contributed by atoms with Gasteiger partial charge in [-0.15, -0.1) is 0 Å². The third-order valence-corrected chi connectivity index (χ3v) is 4.94. The van der Waals surface area contributed by atoms with Crippen molar-refractivity contribution < 1.29 is 9.53 Å². The lowest BCUT2D eigenvalue weighted by molar-refractivity contribution is 0.0770. The highest BCUT2D eigenvalue weighted by molar-refractivity contribution is 5.94. The molecule has 2 aliphatic heterocycles. The smallest absolute Gasteiger partial charge is 0.255 e. The molecule has 7 heteroatoms. The van der Waals surface area contributed by atoms with Gasteiger partial charge >= 0.3 is 0 Å². The zero-order chi connectivity index (χ0) is 17.8. The van der Waals surface area contributed by atoms with E-state index in [0.717, 1.165) is 25.3 Å². The minimum Gasteiger partial charge on any atom is -0.472 e. The number of carbonyl (C=O) groups is 1. The Labute approximate surface area is 153 Å². The van der Waals surface area contributed by atoms with E-state index in [4.69, 9.17) is 4.74 Å². The molecule has 0 N–H and O–H groups in total. The molecule has 0 unspecified atom stereocenters. The van der Waals surface area contributed by atoms with Crippen molar-refractivity contribution in [3.8, 4) is 5.88 Å². The number of ether oxygens (including phenoxy) is 1. The topological polar surface area (TPSA) is 71.5 Å². The number of hydrogen-bond acceptors (Lipinski definition) is 6. The maximum atomic E-state index is 12.5. The maximum absolute atomic E-state index is 12.5. The van der Waals surface area contributed by atoms with E-state index in [1.54, 1.807) is 30.9 Å². The SMILES string of the molecule is O=C(c1cccnc1)N1CC[C@H](Oc2cc(N3CCCCC3)ncn2)C1. The molecule has 2 fully saturated rings. The zero-order valence-corrected chi connectivity index (χ0v) is 14.8. The first-order valence-electron chi connectivity index (χ1n) is 9.22. The molecule has 2 saturated heterocycles.